The molecule has 3 aliphatic rings. The maximum absolute atomic E-state index is 13.7. The molecule has 4 heterocycles. The molecule has 0 radical (unpaired) electrons. The van der Waals surface area contributed by atoms with Crippen LogP contribution in [-0.2, 0) is 6.54 Å². The van der Waals surface area contributed by atoms with Gasteiger partial charge in [-0.05, 0) is 62.9 Å². The van der Waals surface area contributed by atoms with Crippen molar-refractivity contribution in [2.24, 2.45) is 4.99 Å². The standard InChI is InChI=1S/C29H26FN7O.C3H8O/c1-35-28(38)25-26(31-20-7-3-2-4-8-20)36(34-27(25)37-23-11-5-10-22(23)33-29(35)37)17-18-13-15-19(16-14-18)21-9-6-12-24(30)32-21;1-3(2)4/h2-4,6-9,12-16,22-23,31H,5,10-11,17H2,1H3;3-4H,1-2H3/t22-,23+;/m1./s1. The summed E-state index contributed by atoms with van der Waals surface area (Å²) in [4.78, 5) is 26.4. The minimum absolute atomic E-state index is 0.118. The molecule has 216 valence electrons. The van der Waals surface area contributed by atoms with Gasteiger partial charge >= 0.3 is 0 Å². The fourth-order valence-electron chi connectivity index (χ4n) is 5.73. The molecule has 7 rings (SSSR count). The number of carbonyl (C=O) groups is 1. The van der Waals surface area contributed by atoms with E-state index in [0.29, 0.717) is 35.4 Å². The minimum atomic E-state index is -0.505. The van der Waals surface area contributed by atoms with Gasteiger partial charge in [-0.25, -0.2) is 14.7 Å². The van der Waals surface area contributed by atoms with Crippen molar-refractivity contribution in [1.82, 2.24) is 19.7 Å². The Morgan fingerprint density at radius 1 is 1.02 bits per heavy atom. The number of nitrogens with zero attached hydrogens (tertiary/aromatic N) is 6. The second kappa shape index (κ2) is 11.4. The summed E-state index contributed by atoms with van der Waals surface area (Å²) in [6.45, 7) is 3.89. The summed E-state index contributed by atoms with van der Waals surface area (Å²) in [5, 5.41) is 16.5. The number of nitrogens with one attached hydrogen (secondary N) is 1. The fourth-order valence-corrected chi connectivity index (χ4v) is 5.73. The van der Waals surface area contributed by atoms with E-state index >= 15 is 0 Å². The maximum Gasteiger partial charge on any atom is 0.267 e. The lowest BCUT2D eigenvalue weighted by Crippen LogP contribution is -2.51. The van der Waals surface area contributed by atoms with Crippen LogP contribution >= 0.6 is 0 Å². The van der Waals surface area contributed by atoms with E-state index in [1.807, 2.05) is 59.3 Å². The van der Waals surface area contributed by atoms with E-state index in [0.717, 1.165) is 36.1 Å². The number of fused-ring (bicyclic) bond motifs is 5. The number of guanidine groups is 1. The van der Waals surface area contributed by atoms with Crippen LogP contribution in [-0.4, -0.2) is 61.9 Å². The molecule has 1 aliphatic carbocycles. The number of halogens is 1. The molecule has 2 N–H and O–H groups in total. The molecule has 1 saturated carbocycles. The maximum atomic E-state index is 13.7. The number of hydrogen-bond acceptors (Lipinski definition) is 7. The van der Waals surface area contributed by atoms with Gasteiger partial charge in [0, 0.05) is 24.4 Å². The van der Waals surface area contributed by atoms with Crippen LogP contribution in [0.3, 0.4) is 0 Å². The number of aliphatic hydroxyl groups excluding tert-OH is 1. The van der Waals surface area contributed by atoms with E-state index < -0.39 is 5.95 Å². The van der Waals surface area contributed by atoms with Crippen molar-refractivity contribution in [3.63, 3.8) is 0 Å². The second-order valence-electron chi connectivity index (χ2n) is 11.1. The number of pyridine rings is 1. The zero-order valence-corrected chi connectivity index (χ0v) is 23.9. The number of hydrogen-bond donors (Lipinski definition) is 2. The van der Waals surface area contributed by atoms with E-state index in [2.05, 4.69) is 15.2 Å². The molecule has 42 heavy (non-hydrogen) atoms. The number of anilines is 3. The Balaban J connectivity index is 0.000000744. The van der Waals surface area contributed by atoms with Crippen LogP contribution in [0.4, 0.5) is 21.7 Å². The highest BCUT2D eigenvalue weighted by Crippen LogP contribution is 2.43. The summed E-state index contributed by atoms with van der Waals surface area (Å²) < 4.78 is 15.5. The Bertz CT molecular complexity index is 1620. The second-order valence-corrected chi connectivity index (χ2v) is 11.1. The zero-order valence-electron chi connectivity index (χ0n) is 23.9. The predicted molar refractivity (Wildman–Crippen MR) is 161 cm³/mol. The first-order valence-corrected chi connectivity index (χ1v) is 14.3. The summed E-state index contributed by atoms with van der Waals surface area (Å²) in [5.74, 6) is 1.39. The van der Waals surface area contributed by atoms with Crippen molar-refractivity contribution in [1.29, 1.82) is 0 Å². The molecule has 0 bridgehead atoms. The van der Waals surface area contributed by atoms with Crippen LogP contribution in [0.15, 0.2) is 77.8 Å². The molecule has 2 aromatic heterocycles. The quantitative estimate of drug-likeness (QED) is 0.312. The SMILES string of the molecule is CC(C)O.CN1C(=O)c2c(nn(Cc3ccc(-c4cccc(F)n4)cc3)c2Nc2ccccc2)N2C1=N[C@@H]1CCC[C@@H]12. The summed E-state index contributed by atoms with van der Waals surface area (Å²) >= 11 is 0. The van der Waals surface area contributed by atoms with Gasteiger partial charge in [0.1, 0.15) is 11.4 Å². The zero-order chi connectivity index (χ0) is 29.4. The van der Waals surface area contributed by atoms with E-state index in [4.69, 9.17) is 15.2 Å². The predicted octanol–water partition coefficient (Wildman–Crippen LogP) is 5.45. The Morgan fingerprint density at radius 2 is 1.76 bits per heavy atom. The highest BCUT2D eigenvalue weighted by atomic mass is 19.1. The van der Waals surface area contributed by atoms with E-state index in [1.54, 1.807) is 37.9 Å². The number of rotatable bonds is 5. The van der Waals surface area contributed by atoms with E-state index in [9.17, 15) is 9.18 Å². The van der Waals surface area contributed by atoms with Crippen LogP contribution in [0.1, 0.15) is 49.0 Å². The lowest BCUT2D eigenvalue weighted by molar-refractivity contribution is 0.0866. The number of aromatic nitrogens is 3. The number of benzene rings is 2. The van der Waals surface area contributed by atoms with Crippen molar-refractivity contribution >= 4 is 29.2 Å². The van der Waals surface area contributed by atoms with Gasteiger partial charge in [-0.15, -0.1) is 0 Å². The van der Waals surface area contributed by atoms with Gasteiger partial charge in [-0.1, -0.05) is 48.5 Å². The van der Waals surface area contributed by atoms with Crippen molar-refractivity contribution < 1.29 is 14.3 Å². The molecular formula is C32H34FN7O2. The monoisotopic (exact) mass is 567 g/mol. The van der Waals surface area contributed by atoms with E-state index in [1.165, 1.54) is 6.07 Å². The van der Waals surface area contributed by atoms with E-state index in [-0.39, 0.29) is 24.1 Å². The van der Waals surface area contributed by atoms with Crippen molar-refractivity contribution in [3.05, 3.63) is 89.9 Å². The van der Waals surface area contributed by atoms with Crippen LogP contribution in [0.25, 0.3) is 11.3 Å². The van der Waals surface area contributed by atoms with Gasteiger partial charge in [-0.2, -0.15) is 9.49 Å². The summed E-state index contributed by atoms with van der Waals surface area (Å²) in [6, 6.07) is 22.8. The Hall–Kier alpha value is -4.57. The molecule has 4 aromatic rings. The smallest absolute Gasteiger partial charge is 0.267 e. The highest BCUT2D eigenvalue weighted by molar-refractivity contribution is 6.21. The molecule has 1 fully saturated rings. The first-order chi connectivity index (χ1) is 20.3. The normalized spacial score (nSPS) is 18.7. The Labute approximate surface area is 244 Å². The minimum Gasteiger partial charge on any atom is -0.394 e. The third kappa shape index (κ3) is 5.25. The van der Waals surface area contributed by atoms with Crippen molar-refractivity contribution in [3.8, 4) is 11.3 Å². The molecule has 2 atom stereocenters. The molecule has 0 saturated heterocycles. The molecule has 2 aromatic carbocycles. The van der Waals surface area contributed by atoms with Crippen molar-refractivity contribution in [2.45, 2.75) is 57.8 Å². The molecule has 9 nitrogen and oxygen atoms in total. The van der Waals surface area contributed by atoms with Gasteiger partial charge in [-0.3, -0.25) is 14.6 Å². The average molecular weight is 568 g/mol. The topological polar surface area (TPSA) is 98.9 Å². The van der Waals surface area contributed by atoms with Crippen molar-refractivity contribution in [2.75, 3.05) is 17.3 Å². The molecule has 0 unspecified atom stereocenters. The molecule has 10 heteroatoms. The number of carbonyl (C=O) groups excluding carboxylic acids is 1. The molecule has 1 amide bonds. The number of aliphatic imine (C=N–C) groups is 1. The van der Waals surface area contributed by atoms with Gasteiger partial charge in [0.05, 0.1) is 24.3 Å². The first-order valence-electron chi connectivity index (χ1n) is 14.3. The van der Waals surface area contributed by atoms with Gasteiger partial charge in [0.2, 0.25) is 11.9 Å². The van der Waals surface area contributed by atoms with Crippen LogP contribution < -0.4 is 10.2 Å². The summed E-state index contributed by atoms with van der Waals surface area (Å²) in [5.41, 5.74) is 3.84. The van der Waals surface area contributed by atoms with Gasteiger partial charge in [0.15, 0.2) is 5.82 Å². The first kappa shape index (κ1) is 27.6. The third-order valence-electron chi connectivity index (χ3n) is 7.59. The van der Waals surface area contributed by atoms with Crippen LogP contribution in [0, 0.1) is 5.95 Å². The number of amides is 1. The molecule has 2 aliphatic heterocycles. The average Bonchev–Trinajstić information content (AvgIpc) is 3.66. The number of para-hydroxylation sites is 1. The fraction of sp³-hybridized carbons (Fsp3) is 0.312. The summed E-state index contributed by atoms with van der Waals surface area (Å²) in [6.07, 6.45) is 3.02. The molecule has 0 spiro atoms. The Morgan fingerprint density at radius 3 is 2.48 bits per heavy atom. The summed E-state index contributed by atoms with van der Waals surface area (Å²) in [7, 11) is 1.79. The lowest BCUT2D eigenvalue weighted by Gasteiger charge is -2.34. The largest absolute Gasteiger partial charge is 0.394 e. The lowest BCUT2D eigenvalue weighted by atomic mass is 10.1. The van der Waals surface area contributed by atoms with Gasteiger partial charge < -0.3 is 10.4 Å². The van der Waals surface area contributed by atoms with Crippen LogP contribution in [0.5, 0.6) is 0 Å². The van der Waals surface area contributed by atoms with Gasteiger partial charge in [0.25, 0.3) is 5.91 Å². The Kier molecular flexibility index (Phi) is 7.47. The van der Waals surface area contributed by atoms with Crippen LogP contribution in [0.2, 0.25) is 0 Å². The third-order valence-corrected chi connectivity index (χ3v) is 7.59. The highest BCUT2D eigenvalue weighted by Gasteiger charge is 2.49. The number of aliphatic hydroxyl groups is 1. The molecular weight excluding hydrogens is 533 g/mol.